The zero-order chi connectivity index (χ0) is 14.8. The van der Waals surface area contributed by atoms with Crippen LogP contribution in [0.2, 0.25) is 0 Å². The molecule has 112 valence electrons. The van der Waals surface area contributed by atoms with Crippen LogP contribution in [-0.2, 0) is 0 Å². The Balaban J connectivity index is 2.14. The van der Waals surface area contributed by atoms with Gasteiger partial charge in [0.05, 0.1) is 0 Å². The average Bonchev–Trinajstić information content (AvgIpc) is 2.42. The molecule has 2 aromatic heterocycles. The number of aromatic nitrogens is 3. The molecule has 0 atom stereocenters. The third-order valence-electron chi connectivity index (χ3n) is 4.42. The van der Waals surface area contributed by atoms with Gasteiger partial charge in [-0.25, -0.2) is 14.2 Å². The monoisotopic (exact) mass is 287 g/mol. The van der Waals surface area contributed by atoms with Gasteiger partial charge in [0.2, 0.25) is 0 Å². The van der Waals surface area contributed by atoms with Gasteiger partial charge in [0, 0.05) is 12.2 Å². The molecule has 0 aromatic carbocycles. The molecule has 2 heterocycles. The van der Waals surface area contributed by atoms with Gasteiger partial charge in [-0.1, -0.05) is 38.2 Å². The number of aryl methyl sites for hydroxylation is 1. The third kappa shape index (κ3) is 2.64. The van der Waals surface area contributed by atoms with Crippen molar-refractivity contribution in [3.63, 3.8) is 0 Å². The summed E-state index contributed by atoms with van der Waals surface area (Å²) in [5.74, 6) is 0. The SMILES string of the molecule is Cc1cccn2c(=O)n(C3CCCCCCC3)c(=O)nc12. The van der Waals surface area contributed by atoms with Crippen LogP contribution in [0.5, 0.6) is 0 Å². The predicted molar refractivity (Wildman–Crippen MR) is 81.8 cm³/mol. The van der Waals surface area contributed by atoms with Gasteiger partial charge >= 0.3 is 11.4 Å². The highest BCUT2D eigenvalue weighted by atomic mass is 16.2. The lowest BCUT2D eigenvalue weighted by Crippen LogP contribution is -2.42. The molecule has 0 unspecified atom stereocenters. The Kier molecular flexibility index (Phi) is 3.90. The lowest BCUT2D eigenvalue weighted by atomic mass is 9.96. The van der Waals surface area contributed by atoms with Crippen molar-refractivity contribution in [2.24, 2.45) is 0 Å². The van der Waals surface area contributed by atoms with E-state index < -0.39 is 5.69 Å². The largest absolute Gasteiger partial charge is 0.353 e. The van der Waals surface area contributed by atoms with Crippen LogP contribution in [0, 0.1) is 6.92 Å². The molecule has 1 aliphatic carbocycles. The summed E-state index contributed by atoms with van der Waals surface area (Å²) in [7, 11) is 0. The number of fused-ring (bicyclic) bond motifs is 1. The third-order valence-corrected chi connectivity index (χ3v) is 4.42. The van der Waals surface area contributed by atoms with Gasteiger partial charge in [-0.3, -0.25) is 4.40 Å². The van der Waals surface area contributed by atoms with E-state index in [4.69, 9.17) is 0 Å². The molecule has 0 radical (unpaired) electrons. The molecule has 1 saturated carbocycles. The van der Waals surface area contributed by atoms with E-state index in [0.717, 1.165) is 31.2 Å². The van der Waals surface area contributed by atoms with Gasteiger partial charge in [-0.05, 0) is 31.4 Å². The van der Waals surface area contributed by atoms with E-state index in [0.29, 0.717) is 5.65 Å². The van der Waals surface area contributed by atoms with Gasteiger partial charge in [0.15, 0.2) is 0 Å². The first-order valence-electron chi connectivity index (χ1n) is 7.79. The van der Waals surface area contributed by atoms with Gasteiger partial charge in [0.1, 0.15) is 5.65 Å². The number of nitrogens with zero attached hydrogens (tertiary/aromatic N) is 3. The lowest BCUT2D eigenvalue weighted by Gasteiger charge is -2.21. The molecule has 0 aliphatic heterocycles. The van der Waals surface area contributed by atoms with Crippen LogP contribution in [0.15, 0.2) is 27.9 Å². The molecule has 1 aliphatic rings. The van der Waals surface area contributed by atoms with Crippen molar-refractivity contribution in [2.45, 2.75) is 57.9 Å². The number of hydrogen-bond donors (Lipinski definition) is 0. The Labute approximate surface area is 123 Å². The Morgan fingerprint density at radius 1 is 1.10 bits per heavy atom. The summed E-state index contributed by atoms with van der Waals surface area (Å²) in [5, 5.41) is 0. The van der Waals surface area contributed by atoms with E-state index in [1.807, 2.05) is 19.1 Å². The molecule has 3 rings (SSSR count). The molecule has 2 aromatic rings. The molecular weight excluding hydrogens is 266 g/mol. The van der Waals surface area contributed by atoms with Crippen molar-refractivity contribution in [2.75, 3.05) is 0 Å². The Morgan fingerprint density at radius 2 is 1.76 bits per heavy atom. The van der Waals surface area contributed by atoms with E-state index in [-0.39, 0.29) is 11.7 Å². The van der Waals surface area contributed by atoms with Crippen molar-refractivity contribution in [1.29, 1.82) is 0 Å². The molecule has 21 heavy (non-hydrogen) atoms. The van der Waals surface area contributed by atoms with Crippen LogP contribution in [0.4, 0.5) is 0 Å². The van der Waals surface area contributed by atoms with Gasteiger partial charge in [0.25, 0.3) is 0 Å². The van der Waals surface area contributed by atoms with Crippen molar-refractivity contribution >= 4 is 5.65 Å². The second-order valence-electron chi connectivity index (χ2n) is 5.93. The van der Waals surface area contributed by atoms with E-state index >= 15 is 0 Å². The standard InChI is InChI=1S/C16H21N3O2/c1-12-8-7-11-18-14(12)17-15(20)19(16(18)21)13-9-5-3-2-4-6-10-13/h7-8,11,13H,2-6,9-10H2,1H3. The number of rotatable bonds is 1. The summed E-state index contributed by atoms with van der Waals surface area (Å²) in [5.41, 5.74) is 0.658. The molecular formula is C16H21N3O2. The maximum absolute atomic E-state index is 12.7. The molecule has 5 nitrogen and oxygen atoms in total. The molecule has 0 spiro atoms. The molecule has 1 fully saturated rings. The summed E-state index contributed by atoms with van der Waals surface area (Å²) in [4.78, 5) is 29.2. The number of pyridine rings is 1. The van der Waals surface area contributed by atoms with E-state index in [2.05, 4.69) is 4.98 Å². The highest BCUT2D eigenvalue weighted by Crippen LogP contribution is 2.24. The topological polar surface area (TPSA) is 56.4 Å². The van der Waals surface area contributed by atoms with Crippen LogP contribution in [0.1, 0.15) is 56.6 Å². The summed E-state index contributed by atoms with van der Waals surface area (Å²) in [6.45, 7) is 1.86. The summed E-state index contributed by atoms with van der Waals surface area (Å²) < 4.78 is 2.87. The van der Waals surface area contributed by atoms with E-state index in [9.17, 15) is 9.59 Å². The van der Waals surface area contributed by atoms with Crippen LogP contribution < -0.4 is 11.4 Å². The minimum Gasteiger partial charge on any atom is -0.252 e. The summed E-state index contributed by atoms with van der Waals surface area (Å²) >= 11 is 0. The zero-order valence-corrected chi connectivity index (χ0v) is 12.4. The summed E-state index contributed by atoms with van der Waals surface area (Å²) in [6, 6.07) is 3.68. The first kappa shape index (κ1) is 14.0. The van der Waals surface area contributed by atoms with Crippen LogP contribution >= 0.6 is 0 Å². The number of hydrogen-bond acceptors (Lipinski definition) is 3. The minimum absolute atomic E-state index is 0.00443. The Hall–Kier alpha value is -1.91. The van der Waals surface area contributed by atoms with Gasteiger partial charge < -0.3 is 0 Å². The molecule has 5 heteroatoms. The molecule has 0 bridgehead atoms. The fourth-order valence-electron chi connectivity index (χ4n) is 3.25. The average molecular weight is 287 g/mol. The maximum Gasteiger partial charge on any atom is 0.353 e. The highest BCUT2D eigenvalue weighted by Gasteiger charge is 2.19. The van der Waals surface area contributed by atoms with E-state index in [1.165, 1.54) is 28.2 Å². The second-order valence-corrected chi connectivity index (χ2v) is 5.93. The Morgan fingerprint density at radius 3 is 2.48 bits per heavy atom. The van der Waals surface area contributed by atoms with Crippen molar-refractivity contribution in [1.82, 2.24) is 14.0 Å². The fraction of sp³-hybridized carbons (Fsp3) is 0.562. The maximum atomic E-state index is 12.7. The van der Waals surface area contributed by atoms with E-state index in [1.54, 1.807) is 6.20 Å². The van der Waals surface area contributed by atoms with Gasteiger partial charge in [-0.15, -0.1) is 0 Å². The normalized spacial score (nSPS) is 17.6. The van der Waals surface area contributed by atoms with Crippen LogP contribution in [-0.4, -0.2) is 14.0 Å². The molecule has 0 amide bonds. The molecule has 0 saturated heterocycles. The minimum atomic E-state index is -0.403. The van der Waals surface area contributed by atoms with Crippen LogP contribution in [0.25, 0.3) is 5.65 Å². The first-order chi connectivity index (χ1) is 10.2. The second kappa shape index (κ2) is 5.84. The van der Waals surface area contributed by atoms with Crippen molar-refractivity contribution in [3.8, 4) is 0 Å². The fourth-order valence-corrected chi connectivity index (χ4v) is 3.25. The lowest BCUT2D eigenvalue weighted by molar-refractivity contribution is 0.349. The van der Waals surface area contributed by atoms with Gasteiger partial charge in [-0.2, -0.15) is 4.98 Å². The zero-order valence-electron chi connectivity index (χ0n) is 12.4. The first-order valence-corrected chi connectivity index (χ1v) is 7.79. The smallest absolute Gasteiger partial charge is 0.252 e. The molecule has 0 N–H and O–H groups in total. The van der Waals surface area contributed by atoms with Crippen molar-refractivity contribution < 1.29 is 0 Å². The summed E-state index contributed by atoms with van der Waals surface area (Å²) in [6.07, 6.45) is 9.27. The predicted octanol–water partition coefficient (Wildman–Crippen LogP) is 2.45. The Bertz CT molecular complexity index is 752. The highest BCUT2D eigenvalue weighted by molar-refractivity contribution is 5.45. The van der Waals surface area contributed by atoms with Crippen LogP contribution in [0.3, 0.4) is 0 Å². The quantitative estimate of drug-likeness (QED) is 0.809. The van der Waals surface area contributed by atoms with Crippen molar-refractivity contribution in [3.05, 3.63) is 44.9 Å².